The second-order valence-electron chi connectivity index (χ2n) is 6.23. The van der Waals surface area contributed by atoms with Crippen LogP contribution in [0.5, 0.6) is 0 Å². The monoisotopic (exact) mass is 294 g/mol. The highest BCUT2D eigenvalue weighted by molar-refractivity contribution is 6.09. The van der Waals surface area contributed by atoms with Gasteiger partial charge in [0.1, 0.15) is 6.10 Å². The number of ether oxygens (including phenoxy) is 1. The number of carbonyl (C=O) groups is 2. The van der Waals surface area contributed by atoms with Crippen molar-refractivity contribution in [3.8, 4) is 0 Å². The van der Waals surface area contributed by atoms with Crippen molar-refractivity contribution in [1.82, 2.24) is 0 Å². The first-order valence-electron chi connectivity index (χ1n) is 6.95. The quantitative estimate of drug-likeness (QED) is 0.562. The molecule has 0 aromatic heterocycles. The van der Waals surface area contributed by atoms with Crippen molar-refractivity contribution < 1.29 is 29.6 Å². The first kappa shape index (κ1) is 14.4. The molecule has 3 aliphatic rings. The van der Waals surface area contributed by atoms with Crippen LogP contribution in [0.15, 0.2) is 22.8 Å². The van der Waals surface area contributed by atoms with Gasteiger partial charge in [0, 0.05) is 11.5 Å². The van der Waals surface area contributed by atoms with E-state index in [1.807, 2.05) is 0 Å². The highest BCUT2D eigenvalue weighted by atomic mass is 16.6. The van der Waals surface area contributed by atoms with Crippen molar-refractivity contribution in [2.75, 3.05) is 6.61 Å². The number of ketones is 1. The maximum atomic E-state index is 12.1. The first-order chi connectivity index (χ1) is 9.78. The van der Waals surface area contributed by atoms with Gasteiger partial charge in [0.25, 0.3) is 0 Å². The van der Waals surface area contributed by atoms with Crippen LogP contribution in [-0.4, -0.2) is 51.5 Å². The SMILES string of the molecule is CC1=C2C(=O)C=C(CO)C2C2OC(=O)C(C)(O)C2C(O)C1. The molecule has 21 heavy (non-hydrogen) atoms. The molecule has 1 fully saturated rings. The summed E-state index contributed by atoms with van der Waals surface area (Å²) in [5, 5.41) is 30.2. The summed E-state index contributed by atoms with van der Waals surface area (Å²) in [6, 6.07) is 0. The molecule has 5 atom stereocenters. The standard InChI is InChI=1S/C15H18O6/c1-6-3-9(18)12-13(21-14(19)15(12,2)20)11-7(5-16)4-8(17)10(6)11/h4,9,11-13,16,18,20H,3,5H2,1-2H3. The van der Waals surface area contributed by atoms with Crippen LogP contribution in [0.2, 0.25) is 0 Å². The Morgan fingerprint density at radius 3 is 2.71 bits per heavy atom. The lowest BCUT2D eigenvalue weighted by molar-refractivity contribution is -0.155. The molecule has 6 nitrogen and oxygen atoms in total. The van der Waals surface area contributed by atoms with Gasteiger partial charge in [-0.15, -0.1) is 0 Å². The van der Waals surface area contributed by atoms with E-state index < -0.39 is 35.6 Å². The van der Waals surface area contributed by atoms with E-state index in [2.05, 4.69) is 0 Å². The van der Waals surface area contributed by atoms with Crippen molar-refractivity contribution in [2.24, 2.45) is 11.8 Å². The van der Waals surface area contributed by atoms with Crippen LogP contribution in [0.3, 0.4) is 0 Å². The number of carbonyl (C=O) groups excluding carboxylic acids is 2. The number of allylic oxidation sites excluding steroid dienone is 1. The van der Waals surface area contributed by atoms with E-state index in [1.165, 1.54) is 13.0 Å². The van der Waals surface area contributed by atoms with E-state index in [-0.39, 0.29) is 18.8 Å². The number of esters is 1. The summed E-state index contributed by atoms with van der Waals surface area (Å²) in [6.07, 6.45) is -0.265. The van der Waals surface area contributed by atoms with Crippen LogP contribution in [0, 0.1) is 11.8 Å². The van der Waals surface area contributed by atoms with Crippen molar-refractivity contribution >= 4 is 11.8 Å². The Morgan fingerprint density at radius 2 is 2.10 bits per heavy atom. The van der Waals surface area contributed by atoms with Crippen LogP contribution in [0.25, 0.3) is 0 Å². The smallest absolute Gasteiger partial charge is 0.338 e. The molecule has 0 radical (unpaired) electrons. The number of aliphatic hydroxyl groups is 3. The lowest BCUT2D eigenvalue weighted by atomic mass is 9.77. The Kier molecular flexibility index (Phi) is 3.09. The molecule has 0 amide bonds. The Balaban J connectivity index is 2.14. The van der Waals surface area contributed by atoms with E-state index in [1.54, 1.807) is 6.92 Å². The topological polar surface area (TPSA) is 104 Å². The highest BCUT2D eigenvalue weighted by Gasteiger charge is 2.61. The maximum absolute atomic E-state index is 12.1. The van der Waals surface area contributed by atoms with Gasteiger partial charge < -0.3 is 20.1 Å². The van der Waals surface area contributed by atoms with Gasteiger partial charge in [0.15, 0.2) is 11.4 Å². The fourth-order valence-corrected chi connectivity index (χ4v) is 3.86. The van der Waals surface area contributed by atoms with Crippen molar-refractivity contribution in [2.45, 2.75) is 38.1 Å². The zero-order valence-corrected chi connectivity index (χ0v) is 11.9. The molecule has 1 saturated heterocycles. The molecule has 0 aromatic carbocycles. The van der Waals surface area contributed by atoms with Gasteiger partial charge in [-0.1, -0.05) is 5.57 Å². The highest BCUT2D eigenvalue weighted by Crippen LogP contribution is 2.49. The number of rotatable bonds is 1. The van der Waals surface area contributed by atoms with Crippen molar-refractivity contribution in [3.05, 3.63) is 22.8 Å². The van der Waals surface area contributed by atoms with Crippen molar-refractivity contribution in [3.63, 3.8) is 0 Å². The molecular weight excluding hydrogens is 276 g/mol. The third-order valence-electron chi connectivity index (χ3n) is 4.85. The zero-order valence-electron chi connectivity index (χ0n) is 11.9. The molecule has 0 bridgehead atoms. The van der Waals surface area contributed by atoms with Crippen LogP contribution >= 0.6 is 0 Å². The number of hydrogen-bond donors (Lipinski definition) is 3. The van der Waals surface area contributed by atoms with Gasteiger partial charge in [0.05, 0.1) is 18.6 Å². The predicted octanol–water partition coefficient (Wildman–Crippen LogP) is -0.522. The van der Waals surface area contributed by atoms with E-state index in [9.17, 15) is 24.9 Å². The van der Waals surface area contributed by atoms with E-state index in [4.69, 9.17) is 4.74 Å². The molecule has 114 valence electrons. The van der Waals surface area contributed by atoms with E-state index in [0.717, 1.165) is 0 Å². The summed E-state index contributed by atoms with van der Waals surface area (Å²) in [5.74, 6) is -2.44. The van der Waals surface area contributed by atoms with Gasteiger partial charge in [0.2, 0.25) is 0 Å². The van der Waals surface area contributed by atoms with Crippen LogP contribution < -0.4 is 0 Å². The van der Waals surface area contributed by atoms with E-state index >= 15 is 0 Å². The summed E-state index contributed by atoms with van der Waals surface area (Å²) < 4.78 is 5.29. The number of fused-ring (bicyclic) bond motifs is 3. The molecule has 2 aliphatic carbocycles. The molecule has 5 unspecified atom stereocenters. The first-order valence-corrected chi connectivity index (χ1v) is 6.95. The molecule has 3 N–H and O–H groups in total. The summed E-state index contributed by atoms with van der Waals surface area (Å²) in [4.78, 5) is 24.0. The van der Waals surface area contributed by atoms with Crippen LogP contribution in [0.1, 0.15) is 20.3 Å². The average molecular weight is 294 g/mol. The molecule has 1 aliphatic heterocycles. The lowest BCUT2D eigenvalue weighted by Gasteiger charge is -2.30. The van der Waals surface area contributed by atoms with Gasteiger partial charge in [-0.05, 0) is 31.9 Å². The van der Waals surface area contributed by atoms with Crippen LogP contribution in [0.4, 0.5) is 0 Å². The Bertz CT molecular complexity index is 585. The molecule has 3 rings (SSSR count). The third-order valence-corrected chi connectivity index (χ3v) is 4.85. The van der Waals surface area contributed by atoms with E-state index in [0.29, 0.717) is 16.7 Å². The normalized spacial score (nSPS) is 42.4. The Morgan fingerprint density at radius 1 is 1.43 bits per heavy atom. The molecule has 6 heteroatoms. The van der Waals surface area contributed by atoms with Gasteiger partial charge in [-0.25, -0.2) is 4.79 Å². The fraction of sp³-hybridized carbons (Fsp3) is 0.600. The van der Waals surface area contributed by atoms with Crippen molar-refractivity contribution in [1.29, 1.82) is 0 Å². The summed E-state index contributed by atoms with van der Waals surface area (Å²) in [6.45, 7) is 2.74. The minimum atomic E-state index is -1.80. The number of hydrogen-bond acceptors (Lipinski definition) is 6. The molecule has 0 aromatic rings. The fourth-order valence-electron chi connectivity index (χ4n) is 3.86. The average Bonchev–Trinajstić information content (AvgIpc) is 2.80. The summed E-state index contributed by atoms with van der Waals surface area (Å²) in [5.41, 5.74) is -0.162. The summed E-state index contributed by atoms with van der Waals surface area (Å²) in [7, 11) is 0. The van der Waals surface area contributed by atoms with Gasteiger partial charge in [-0.2, -0.15) is 0 Å². The van der Waals surface area contributed by atoms with Gasteiger partial charge in [-0.3, -0.25) is 4.79 Å². The van der Waals surface area contributed by atoms with Gasteiger partial charge >= 0.3 is 5.97 Å². The Labute approximate surface area is 121 Å². The minimum Gasteiger partial charge on any atom is -0.459 e. The third kappa shape index (κ3) is 1.83. The lowest BCUT2D eigenvalue weighted by Crippen LogP contribution is -2.46. The predicted molar refractivity (Wildman–Crippen MR) is 71.0 cm³/mol. The second-order valence-corrected chi connectivity index (χ2v) is 6.23. The largest absolute Gasteiger partial charge is 0.459 e. The summed E-state index contributed by atoms with van der Waals surface area (Å²) >= 11 is 0. The molecule has 1 heterocycles. The molecular formula is C15H18O6. The second kappa shape index (κ2) is 4.50. The molecule has 0 saturated carbocycles. The Hall–Kier alpha value is -1.50. The zero-order chi connectivity index (χ0) is 15.5. The number of aliphatic hydroxyl groups excluding tert-OH is 2. The van der Waals surface area contributed by atoms with Crippen LogP contribution in [-0.2, 0) is 14.3 Å². The minimum absolute atomic E-state index is 0.193. The molecule has 0 spiro atoms. The maximum Gasteiger partial charge on any atom is 0.338 e.